The topological polar surface area (TPSA) is 80.8 Å². The molecule has 0 spiro atoms. The van der Waals surface area contributed by atoms with Crippen molar-refractivity contribution in [2.24, 2.45) is 0 Å². The summed E-state index contributed by atoms with van der Waals surface area (Å²) >= 11 is 0. The van der Waals surface area contributed by atoms with E-state index in [0.29, 0.717) is 13.0 Å². The number of benzene rings is 4. The predicted octanol–water partition coefficient (Wildman–Crippen LogP) is 9.70. The zero-order valence-corrected chi connectivity index (χ0v) is 29.4. The molecule has 2 heterocycles. The van der Waals surface area contributed by atoms with Gasteiger partial charge < -0.3 is 15.1 Å². The molecule has 0 saturated heterocycles. The van der Waals surface area contributed by atoms with Crippen LogP contribution in [0.1, 0.15) is 65.5 Å². The fraction of sp³-hybridized carbons (Fsp3) is 0.279. The van der Waals surface area contributed by atoms with Gasteiger partial charge in [-0.25, -0.2) is 0 Å². The minimum absolute atomic E-state index is 0.103. The lowest BCUT2D eigenvalue weighted by Crippen LogP contribution is -2.28. The summed E-state index contributed by atoms with van der Waals surface area (Å²) in [5, 5.41) is 21.8. The molecule has 49 heavy (non-hydrogen) atoms. The monoisotopic (exact) mass is 655 g/mol. The van der Waals surface area contributed by atoms with Gasteiger partial charge in [0.15, 0.2) is 5.71 Å². The summed E-state index contributed by atoms with van der Waals surface area (Å²) in [6.45, 7) is 14.1. The van der Waals surface area contributed by atoms with E-state index in [0.717, 1.165) is 13.5 Å². The lowest BCUT2D eigenvalue weighted by molar-refractivity contribution is -0.438. The largest absolute Gasteiger partial charge is 0.481 e. The quantitative estimate of drug-likeness (QED) is 0.139. The number of anilines is 1. The summed E-state index contributed by atoms with van der Waals surface area (Å²) in [5.41, 5.74) is 7.35. The molecule has 0 fully saturated rings. The van der Waals surface area contributed by atoms with Crippen molar-refractivity contribution in [1.29, 1.82) is 0 Å². The number of fused-ring (bicyclic) bond motifs is 6. The molecule has 2 N–H and O–H groups in total. The molecule has 0 aliphatic carbocycles. The number of aliphatic carboxylic acids is 2. The van der Waals surface area contributed by atoms with Crippen LogP contribution in [0.2, 0.25) is 0 Å². The molecule has 0 radical (unpaired) electrons. The Morgan fingerprint density at radius 2 is 1.33 bits per heavy atom. The van der Waals surface area contributed by atoms with E-state index in [1.807, 2.05) is 0 Å². The fourth-order valence-corrected chi connectivity index (χ4v) is 7.53. The molecule has 2 aliphatic rings. The molecule has 0 aromatic heterocycles. The molecular weight excluding hydrogens is 608 g/mol. The average Bonchev–Trinajstić information content (AvgIpc) is 3.42. The molecule has 4 aromatic rings. The van der Waals surface area contributed by atoms with E-state index < -0.39 is 11.9 Å². The zero-order valence-electron chi connectivity index (χ0n) is 29.4. The Morgan fingerprint density at radius 1 is 0.755 bits per heavy atom. The Morgan fingerprint density at radius 3 is 1.96 bits per heavy atom. The van der Waals surface area contributed by atoms with Crippen molar-refractivity contribution >= 4 is 50.6 Å². The lowest BCUT2D eigenvalue weighted by Gasteiger charge is -2.26. The highest BCUT2D eigenvalue weighted by atomic mass is 16.4. The van der Waals surface area contributed by atoms with Gasteiger partial charge in [-0.05, 0) is 66.1 Å². The van der Waals surface area contributed by atoms with Crippen LogP contribution in [0.3, 0.4) is 0 Å². The maximum absolute atomic E-state index is 11.3. The number of likely N-dealkylation sites (N-methyl/N-ethyl adjacent to an activating group) is 1. The van der Waals surface area contributed by atoms with Gasteiger partial charge in [0.05, 0.1) is 11.8 Å². The van der Waals surface area contributed by atoms with Gasteiger partial charge in [-0.3, -0.25) is 9.59 Å². The van der Waals surface area contributed by atoms with E-state index in [9.17, 15) is 9.90 Å². The Kier molecular flexibility index (Phi) is 10.4. The molecule has 6 rings (SSSR count). The number of allylic oxidation sites excluding steroid dienone is 8. The third-order valence-electron chi connectivity index (χ3n) is 9.55. The van der Waals surface area contributed by atoms with Gasteiger partial charge >= 0.3 is 5.97 Å². The van der Waals surface area contributed by atoms with Gasteiger partial charge in [0.2, 0.25) is 5.69 Å². The van der Waals surface area contributed by atoms with E-state index in [-0.39, 0.29) is 17.3 Å². The van der Waals surface area contributed by atoms with Crippen molar-refractivity contribution in [1.82, 2.24) is 0 Å². The van der Waals surface area contributed by atoms with Crippen molar-refractivity contribution in [3.63, 3.8) is 0 Å². The molecular formula is C43H47N2O4+. The average molecular weight is 656 g/mol. The number of nitrogens with zero attached hydrogens (tertiary/aromatic N) is 2. The standard InChI is InChI=1S/C41H42N2O2.C2H4O2/c1-6-42-33-26-24-29-17-12-14-19-31(29)38(33)40(2,3)35(42)21-10-8-7-9-11-22-36-41(4,5)39-32-20-15-13-18-30(32)25-27-34(39)43(36)28-16-23-37(44)45;1-2(3)4/h7-15,17-22,24-27H,6,16,23,28H2,1-5H3;1H3,(H,3,4)/p+1. The first-order chi connectivity index (χ1) is 23.4. The predicted molar refractivity (Wildman–Crippen MR) is 202 cm³/mol. The van der Waals surface area contributed by atoms with Crippen LogP contribution in [0.25, 0.3) is 21.5 Å². The molecule has 0 bridgehead atoms. The number of carboxylic acids is 2. The maximum atomic E-state index is 11.3. The molecule has 6 nitrogen and oxygen atoms in total. The summed E-state index contributed by atoms with van der Waals surface area (Å²) < 4.78 is 2.32. The van der Waals surface area contributed by atoms with Crippen molar-refractivity contribution in [3.05, 3.63) is 132 Å². The first-order valence-corrected chi connectivity index (χ1v) is 17.0. The van der Waals surface area contributed by atoms with Crippen LogP contribution < -0.4 is 4.90 Å². The molecule has 0 atom stereocenters. The van der Waals surface area contributed by atoms with Crippen molar-refractivity contribution < 1.29 is 24.4 Å². The number of carbonyl (C=O) groups is 2. The van der Waals surface area contributed by atoms with E-state index in [1.165, 1.54) is 55.5 Å². The maximum Gasteiger partial charge on any atom is 0.303 e. The van der Waals surface area contributed by atoms with Gasteiger partial charge in [-0.2, -0.15) is 4.58 Å². The smallest absolute Gasteiger partial charge is 0.303 e. The molecule has 252 valence electrons. The first kappa shape index (κ1) is 35.1. The number of carboxylic acid groups (broad SMARTS) is 2. The second kappa shape index (κ2) is 14.5. The molecule has 4 aromatic carbocycles. The Labute approximate surface area is 289 Å². The highest BCUT2D eigenvalue weighted by Crippen LogP contribution is 2.50. The van der Waals surface area contributed by atoms with Crippen LogP contribution in [0.5, 0.6) is 0 Å². The van der Waals surface area contributed by atoms with Crippen molar-refractivity contribution in [3.8, 4) is 0 Å². The number of hydrogen-bond donors (Lipinski definition) is 2. The SMILES string of the molecule is CC(=O)O.CCN1/C(=C/C=C/C=C/C=C/C2=[N+](CCCC(=O)O)c3ccc4ccccc4c3C2(C)C)C(C)(C)c2c1ccc1ccccc21. The highest BCUT2D eigenvalue weighted by Gasteiger charge is 2.45. The minimum Gasteiger partial charge on any atom is -0.481 e. The second-order valence-corrected chi connectivity index (χ2v) is 13.6. The van der Waals surface area contributed by atoms with Crippen molar-refractivity contribution in [2.75, 3.05) is 18.0 Å². The van der Waals surface area contributed by atoms with Gasteiger partial charge in [0.1, 0.15) is 6.54 Å². The Balaban J connectivity index is 0.00000111. The molecule has 0 saturated carbocycles. The van der Waals surface area contributed by atoms with Crippen LogP contribution in [-0.2, 0) is 20.4 Å². The third kappa shape index (κ3) is 7.00. The molecule has 0 unspecified atom stereocenters. The number of hydrogen-bond acceptors (Lipinski definition) is 3. The lowest BCUT2D eigenvalue weighted by atomic mass is 9.79. The van der Waals surface area contributed by atoms with Crippen LogP contribution in [0.4, 0.5) is 11.4 Å². The normalized spacial score (nSPS) is 17.0. The van der Waals surface area contributed by atoms with Crippen LogP contribution in [0.15, 0.2) is 121 Å². The van der Waals surface area contributed by atoms with Crippen LogP contribution >= 0.6 is 0 Å². The zero-order chi connectivity index (χ0) is 35.3. The number of rotatable bonds is 9. The molecule has 6 heteroatoms. The summed E-state index contributed by atoms with van der Waals surface area (Å²) in [4.78, 5) is 22.7. The van der Waals surface area contributed by atoms with E-state index in [1.54, 1.807) is 0 Å². The summed E-state index contributed by atoms with van der Waals surface area (Å²) in [7, 11) is 0. The van der Waals surface area contributed by atoms with E-state index >= 15 is 0 Å². The minimum atomic E-state index is -0.833. The van der Waals surface area contributed by atoms with Gasteiger partial charge in [0, 0.05) is 54.4 Å². The van der Waals surface area contributed by atoms with Gasteiger partial charge in [-0.1, -0.05) is 98.8 Å². The van der Waals surface area contributed by atoms with E-state index in [2.05, 4.69) is 159 Å². The Hall–Kier alpha value is -5.23. The molecule has 0 amide bonds. The van der Waals surface area contributed by atoms with Gasteiger partial charge in [-0.15, -0.1) is 0 Å². The van der Waals surface area contributed by atoms with Crippen LogP contribution in [0, 0.1) is 0 Å². The van der Waals surface area contributed by atoms with Gasteiger partial charge in [0.25, 0.3) is 5.97 Å². The third-order valence-corrected chi connectivity index (χ3v) is 9.55. The fourth-order valence-electron chi connectivity index (χ4n) is 7.53. The highest BCUT2D eigenvalue weighted by molar-refractivity contribution is 6.07. The van der Waals surface area contributed by atoms with Crippen LogP contribution in [-0.4, -0.2) is 45.5 Å². The second-order valence-electron chi connectivity index (χ2n) is 13.6. The Bertz CT molecular complexity index is 2060. The summed E-state index contributed by atoms with van der Waals surface area (Å²) in [5.74, 6) is -1.59. The summed E-state index contributed by atoms with van der Waals surface area (Å²) in [6.07, 6.45) is 15.7. The molecule has 2 aliphatic heterocycles. The summed E-state index contributed by atoms with van der Waals surface area (Å²) in [6, 6.07) is 26.1. The first-order valence-electron chi connectivity index (χ1n) is 17.0. The van der Waals surface area contributed by atoms with E-state index in [4.69, 9.17) is 9.90 Å². The van der Waals surface area contributed by atoms with Crippen molar-refractivity contribution in [2.45, 2.75) is 65.2 Å².